The zero-order chi connectivity index (χ0) is 58.5. The SMILES string of the molecule is CC/C=C\C/C=C\C/C=C\C/C=C\C/C=C\C/C=C\CCCCCCCCCCCCC(=O)OCC(COC(=O)CCCC/C=C\C/C=C\C/C=C\C/C=C\CC)OC(=O)CCCCC/C=C\C/C=C\C/C=C\C/C=C\C/C=C\CC. The second-order valence-corrected chi connectivity index (χ2v) is 20.5. The van der Waals surface area contributed by atoms with Crippen LogP contribution < -0.4 is 0 Å². The lowest BCUT2D eigenvalue weighted by Gasteiger charge is -2.18. The highest BCUT2D eigenvalue weighted by atomic mass is 16.6. The fourth-order valence-electron chi connectivity index (χ4n) is 8.17. The highest BCUT2D eigenvalue weighted by Gasteiger charge is 2.19. The maximum atomic E-state index is 12.9. The molecule has 0 saturated carbocycles. The molecule has 0 spiro atoms. The Labute approximate surface area is 497 Å². The third-order valence-electron chi connectivity index (χ3n) is 12.9. The molecule has 0 aliphatic heterocycles. The number of hydrogen-bond acceptors (Lipinski definition) is 6. The summed E-state index contributed by atoms with van der Waals surface area (Å²) in [5.41, 5.74) is 0. The van der Waals surface area contributed by atoms with Crippen LogP contribution in [-0.4, -0.2) is 37.2 Å². The lowest BCUT2D eigenvalue weighted by molar-refractivity contribution is -0.167. The second kappa shape index (κ2) is 67.0. The van der Waals surface area contributed by atoms with Gasteiger partial charge in [-0.2, -0.15) is 0 Å². The first kappa shape index (κ1) is 75.5. The fraction of sp³-hybridized carbons (Fsp3) is 0.560. The Morgan fingerprint density at radius 3 is 0.728 bits per heavy atom. The van der Waals surface area contributed by atoms with Crippen molar-refractivity contribution in [1.82, 2.24) is 0 Å². The summed E-state index contributed by atoms with van der Waals surface area (Å²) < 4.78 is 16.9. The van der Waals surface area contributed by atoms with Crippen molar-refractivity contribution in [3.05, 3.63) is 182 Å². The van der Waals surface area contributed by atoms with Crippen molar-refractivity contribution in [2.45, 2.75) is 258 Å². The smallest absolute Gasteiger partial charge is 0.306 e. The van der Waals surface area contributed by atoms with Gasteiger partial charge in [-0.15, -0.1) is 0 Å². The van der Waals surface area contributed by atoms with Gasteiger partial charge in [0.25, 0.3) is 0 Å². The van der Waals surface area contributed by atoms with Gasteiger partial charge in [0.15, 0.2) is 6.10 Å². The van der Waals surface area contributed by atoms with Crippen LogP contribution in [0.3, 0.4) is 0 Å². The Morgan fingerprint density at radius 1 is 0.247 bits per heavy atom. The van der Waals surface area contributed by atoms with Crippen molar-refractivity contribution < 1.29 is 28.6 Å². The van der Waals surface area contributed by atoms with Gasteiger partial charge < -0.3 is 14.2 Å². The molecule has 1 unspecified atom stereocenters. The molecule has 0 rings (SSSR count). The summed E-state index contributed by atoms with van der Waals surface area (Å²) in [4.78, 5) is 38.3. The molecule has 0 aromatic carbocycles. The summed E-state index contributed by atoms with van der Waals surface area (Å²) in [5, 5.41) is 0. The Morgan fingerprint density at radius 2 is 0.444 bits per heavy atom. The van der Waals surface area contributed by atoms with E-state index in [0.29, 0.717) is 19.3 Å². The molecule has 0 aliphatic rings. The van der Waals surface area contributed by atoms with Gasteiger partial charge in [-0.25, -0.2) is 0 Å². The van der Waals surface area contributed by atoms with Crippen LogP contribution in [0.4, 0.5) is 0 Å². The average molecular weight is 1110 g/mol. The number of unbranched alkanes of at least 4 members (excludes halogenated alkanes) is 15. The van der Waals surface area contributed by atoms with Crippen molar-refractivity contribution in [1.29, 1.82) is 0 Å². The van der Waals surface area contributed by atoms with Gasteiger partial charge in [-0.1, -0.05) is 261 Å². The fourth-order valence-corrected chi connectivity index (χ4v) is 8.17. The molecule has 0 radical (unpaired) electrons. The van der Waals surface area contributed by atoms with E-state index in [1.807, 2.05) is 0 Å². The summed E-state index contributed by atoms with van der Waals surface area (Å²) >= 11 is 0. The van der Waals surface area contributed by atoms with E-state index in [9.17, 15) is 14.4 Å². The van der Waals surface area contributed by atoms with Crippen LogP contribution in [-0.2, 0) is 28.6 Å². The van der Waals surface area contributed by atoms with Gasteiger partial charge in [0.05, 0.1) is 0 Å². The molecule has 0 saturated heterocycles. The minimum absolute atomic E-state index is 0.116. The van der Waals surface area contributed by atoms with E-state index in [-0.39, 0.29) is 44.0 Å². The maximum Gasteiger partial charge on any atom is 0.306 e. The van der Waals surface area contributed by atoms with Gasteiger partial charge in [-0.05, 0) is 154 Å². The number of esters is 3. The predicted molar refractivity (Wildman–Crippen MR) is 352 cm³/mol. The topological polar surface area (TPSA) is 78.9 Å². The summed E-state index contributed by atoms with van der Waals surface area (Å²) in [5.74, 6) is -1.00. The molecule has 0 aliphatic carbocycles. The molecule has 6 nitrogen and oxygen atoms in total. The molecule has 0 aromatic heterocycles. The zero-order valence-electron chi connectivity index (χ0n) is 51.7. The number of rotatable bonds is 56. The van der Waals surface area contributed by atoms with Crippen LogP contribution in [0, 0.1) is 0 Å². The second-order valence-electron chi connectivity index (χ2n) is 20.5. The Bertz CT molecular complexity index is 1900. The van der Waals surface area contributed by atoms with E-state index >= 15 is 0 Å². The summed E-state index contributed by atoms with van der Waals surface area (Å²) in [7, 11) is 0. The molecule has 81 heavy (non-hydrogen) atoms. The van der Waals surface area contributed by atoms with E-state index in [4.69, 9.17) is 14.2 Å². The number of ether oxygens (including phenoxy) is 3. The highest BCUT2D eigenvalue weighted by molar-refractivity contribution is 5.71. The highest BCUT2D eigenvalue weighted by Crippen LogP contribution is 2.14. The summed E-state index contributed by atoms with van der Waals surface area (Å²) in [6, 6.07) is 0. The van der Waals surface area contributed by atoms with Crippen molar-refractivity contribution in [2.75, 3.05) is 13.2 Å². The number of allylic oxidation sites excluding steroid dienone is 30. The molecule has 0 bridgehead atoms. The third kappa shape index (κ3) is 65.2. The average Bonchev–Trinajstić information content (AvgIpc) is 3.47. The normalized spacial score (nSPS) is 13.4. The lowest BCUT2D eigenvalue weighted by Crippen LogP contribution is -2.30. The van der Waals surface area contributed by atoms with E-state index in [0.717, 1.165) is 154 Å². The van der Waals surface area contributed by atoms with Crippen molar-refractivity contribution >= 4 is 17.9 Å². The first-order chi connectivity index (χ1) is 40.0. The Hall–Kier alpha value is -5.49. The molecule has 6 heteroatoms. The molecular formula is C75H116O6. The third-order valence-corrected chi connectivity index (χ3v) is 12.9. The largest absolute Gasteiger partial charge is 0.462 e. The monoisotopic (exact) mass is 1110 g/mol. The molecule has 0 fully saturated rings. The van der Waals surface area contributed by atoms with Crippen molar-refractivity contribution in [3.8, 4) is 0 Å². The van der Waals surface area contributed by atoms with Crippen LogP contribution in [0.25, 0.3) is 0 Å². The first-order valence-corrected chi connectivity index (χ1v) is 32.3. The molecule has 452 valence electrons. The molecular weight excluding hydrogens is 997 g/mol. The van der Waals surface area contributed by atoms with E-state index in [2.05, 4.69) is 203 Å². The van der Waals surface area contributed by atoms with E-state index in [1.165, 1.54) is 44.9 Å². The molecule has 1 atom stereocenters. The molecule has 0 N–H and O–H groups in total. The quantitative estimate of drug-likeness (QED) is 0.0261. The molecule has 0 amide bonds. The van der Waals surface area contributed by atoms with Gasteiger partial charge >= 0.3 is 17.9 Å². The molecule has 0 aromatic rings. The number of hydrogen-bond donors (Lipinski definition) is 0. The van der Waals surface area contributed by atoms with E-state index in [1.54, 1.807) is 0 Å². The first-order valence-electron chi connectivity index (χ1n) is 32.3. The summed E-state index contributed by atoms with van der Waals surface area (Å²) in [6.07, 6.45) is 100. The maximum absolute atomic E-state index is 12.9. The number of carbonyl (C=O) groups is 3. The molecule has 0 heterocycles. The Kier molecular flexibility index (Phi) is 62.5. The number of carbonyl (C=O) groups excluding carboxylic acids is 3. The minimum Gasteiger partial charge on any atom is -0.462 e. The van der Waals surface area contributed by atoms with Crippen LogP contribution in [0.1, 0.15) is 252 Å². The van der Waals surface area contributed by atoms with Crippen LogP contribution >= 0.6 is 0 Å². The van der Waals surface area contributed by atoms with Crippen molar-refractivity contribution in [3.63, 3.8) is 0 Å². The van der Waals surface area contributed by atoms with Gasteiger partial charge in [-0.3, -0.25) is 14.4 Å². The Balaban J connectivity index is 4.45. The van der Waals surface area contributed by atoms with Gasteiger partial charge in [0.2, 0.25) is 0 Å². The van der Waals surface area contributed by atoms with Crippen molar-refractivity contribution in [2.24, 2.45) is 0 Å². The summed E-state index contributed by atoms with van der Waals surface area (Å²) in [6.45, 7) is 6.22. The standard InChI is InChI=1S/C75H116O6/c1-4-7-10-13-16-19-22-25-28-30-32-33-34-35-36-37-38-39-40-41-43-44-47-50-53-56-59-62-65-68-74(77)80-71-72(70-79-73(76)67-64-61-58-55-52-49-46-27-24-21-18-15-12-9-6-3)81-75(78)69-66-63-60-57-54-51-48-45-42-31-29-26-23-20-17-14-11-8-5-2/h7-12,16-21,25-29,32-33,35-36,38-39,42,45-46,51-52,54-55,72H,4-6,13-15,22-24,30-31,34,37,40-41,43-44,47-50,53,56-71H2,1-3H3/b10-7-,11-8-,12-9-,19-16-,20-17-,21-18-,28-25-,29-26-,33-32-,36-35-,39-38-,45-42-,46-27-,54-51-,55-52-. The van der Waals surface area contributed by atoms with Gasteiger partial charge in [0.1, 0.15) is 13.2 Å². The minimum atomic E-state index is -0.826. The van der Waals surface area contributed by atoms with Gasteiger partial charge in [0, 0.05) is 19.3 Å². The van der Waals surface area contributed by atoms with Crippen LogP contribution in [0.15, 0.2) is 182 Å². The van der Waals surface area contributed by atoms with Crippen LogP contribution in [0.2, 0.25) is 0 Å². The lowest BCUT2D eigenvalue weighted by atomic mass is 10.1. The predicted octanol–water partition coefficient (Wildman–Crippen LogP) is 22.4. The van der Waals surface area contributed by atoms with E-state index < -0.39 is 6.10 Å². The van der Waals surface area contributed by atoms with Crippen LogP contribution in [0.5, 0.6) is 0 Å². The zero-order valence-corrected chi connectivity index (χ0v) is 51.7.